The van der Waals surface area contributed by atoms with Gasteiger partial charge in [-0.2, -0.15) is 0 Å². The third-order valence-corrected chi connectivity index (χ3v) is 4.47. The van der Waals surface area contributed by atoms with Crippen LogP contribution in [0.3, 0.4) is 0 Å². The zero-order valence-electron chi connectivity index (χ0n) is 11.7. The van der Waals surface area contributed by atoms with Crippen molar-refractivity contribution in [3.8, 4) is 0 Å². The molecule has 106 valence electrons. The molecule has 1 N–H and O–H groups in total. The highest BCUT2D eigenvalue weighted by atomic mass is 16.7. The average Bonchev–Trinajstić information content (AvgIpc) is 2.99. The molecule has 2 atom stereocenters. The zero-order chi connectivity index (χ0) is 12.8. The SMILES string of the molecule is CCCCCC(O)CCC1CCCC12OCCO2. The summed E-state index contributed by atoms with van der Waals surface area (Å²) in [7, 11) is 0. The Kier molecular flexibility index (Phi) is 5.46. The Labute approximate surface area is 111 Å². The lowest BCUT2D eigenvalue weighted by Gasteiger charge is -2.29. The van der Waals surface area contributed by atoms with Crippen molar-refractivity contribution in [2.75, 3.05) is 13.2 Å². The van der Waals surface area contributed by atoms with E-state index in [-0.39, 0.29) is 11.9 Å². The predicted molar refractivity (Wildman–Crippen MR) is 71.4 cm³/mol. The van der Waals surface area contributed by atoms with E-state index in [9.17, 15) is 5.11 Å². The molecule has 0 aromatic rings. The largest absolute Gasteiger partial charge is 0.393 e. The number of hydrogen-bond donors (Lipinski definition) is 1. The van der Waals surface area contributed by atoms with E-state index in [1.54, 1.807) is 0 Å². The van der Waals surface area contributed by atoms with Crippen LogP contribution in [0.4, 0.5) is 0 Å². The van der Waals surface area contributed by atoms with Crippen LogP contribution < -0.4 is 0 Å². The van der Waals surface area contributed by atoms with Crippen LogP contribution in [-0.2, 0) is 9.47 Å². The zero-order valence-corrected chi connectivity index (χ0v) is 11.7. The Morgan fingerprint density at radius 3 is 2.72 bits per heavy atom. The van der Waals surface area contributed by atoms with Gasteiger partial charge in [-0.05, 0) is 32.1 Å². The van der Waals surface area contributed by atoms with Gasteiger partial charge in [0, 0.05) is 12.3 Å². The maximum atomic E-state index is 9.99. The summed E-state index contributed by atoms with van der Waals surface area (Å²) in [5.41, 5.74) is 0. The Morgan fingerprint density at radius 1 is 1.22 bits per heavy atom. The Balaban J connectivity index is 1.69. The average molecular weight is 256 g/mol. The lowest BCUT2D eigenvalue weighted by atomic mass is 9.93. The first kappa shape index (κ1) is 14.3. The highest BCUT2D eigenvalue weighted by Gasteiger charge is 2.47. The van der Waals surface area contributed by atoms with Gasteiger partial charge >= 0.3 is 0 Å². The van der Waals surface area contributed by atoms with E-state index in [2.05, 4.69) is 6.92 Å². The third kappa shape index (κ3) is 3.46. The van der Waals surface area contributed by atoms with Crippen molar-refractivity contribution in [2.45, 2.75) is 76.6 Å². The molecule has 1 heterocycles. The lowest BCUT2D eigenvalue weighted by Crippen LogP contribution is -2.34. The van der Waals surface area contributed by atoms with Gasteiger partial charge in [0.05, 0.1) is 19.3 Å². The van der Waals surface area contributed by atoms with Crippen LogP contribution >= 0.6 is 0 Å². The number of aliphatic hydroxyl groups excluding tert-OH is 1. The van der Waals surface area contributed by atoms with Crippen LogP contribution in [0.2, 0.25) is 0 Å². The fourth-order valence-electron chi connectivity index (χ4n) is 3.40. The molecule has 18 heavy (non-hydrogen) atoms. The minimum absolute atomic E-state index is 0.129. The normalized spacial score (nSPS) is 28.0. The molecule has 1 saturated heterocycles. The van der Waals surface area contributed by atoms with Crippen LogP contribution in [0.5, 0.6) is 0 Å². The summed E-state index contributed by atoms with van der Waals surface area (Å²) in [5.74, 6) is 0.226. The number of aliphatic hydroxyl groups is 1. The first-order valence-electron chi connectivity index (χ1n) is 7.73. The molecule has 3 nitrogen and oxygen atoms in total. The van der Waals surface area contributed by atoms with Gasteiger partial charge in [-0.15, -0.1) is 0 Å². The van der Waals surface area contributed by atoms with E-state index in [4.69, 9.17) is 9.47 Å². The lowest BCUT2D eigenvalue weighted by molar-refractivity contribution is -0.183. The van der Waals surface area contributed by atoms with Crippen molar-refractivity contribution >= 4 is 0 Å². The van der Waals surface area contributed by atoms with E-state index in [0.717, 1.165) is 45.3 Å². The number of hydrogen-bond acceptors (Lipinski definition) is 3. The molecular formula is C15H28O3. The summed E-state index contributed by atoms with van der Waals surface area (Å²) in [6.07, 6.45) is 9.83. The third-order valence-electron chi connectivity index (χ3n) is 4.47. The summed E-state index contributed by atoms with van der Waals surface area (Å²) >= 11 is 0. The van der Waals surface area contributed by atoms with Gasteiger partial charge in [0.2, 0.25) is 0 Å². The van der Waals surface area contributed by atoms with Gasteiger partial charge in [-0.3, -0.25) is 0 Å². The van der Waals surface area contributed by atoms with Crippen LogP contribution in [0.15, 0.2) is 0 Å². The number of ether oxygens (including phenoxy) is 2. The van der Waals surface area contributed by atoms with Gasteiger partial charge in [0.15, 0.2) is 5.79 Å². The second-order valence-electron chi connectivity index (χ2n) is 5.82. The summed E-state index contributed by atoms with van der Waals surface area (Å²) in [5, 5.41) is 9.99. The van der Waals surface area contributed by atoms with E-state index in [1.165, 1.54) is 25.7 Å². The van der Waals surface area contributed by atoms with Crippen molar-refractivity contribution in [1.29, 1.82) is 0 Å². The molecule has 1 aliphatic carbocycles. The first-order valence-corrected chi connectivity index (χ1v) is 7.73. The van der Waals surface area contributed by atoms with Crippen molar-refractivity contribution < 1.29 is 14.6 Å². The summed E-state index contributed by atoms with van der Waals surface area (Å²) < 4.78 is 11.7. The molecule has 0 radical (unpaired) electrons. The second kappa shape index (κ2) is 6.88. The van der Waals surface area contributed by atoms with Gasteiger partial charge < -0.3 is 14.6 Å². The summed E-state index contributed by atoms with van der Waals surface area (Å²) in [6, 6.07) is 0. The molecular weight excluding hydrogens is 228 g/mol. The Morgan fingerprint density at radius 2 is 2.00 bits per heavy atom. The molecule has 3 heteroatoms. The standard InChI is InChI=1S/C15H28O3/c1-2-3-4-7-14(16)9-8-13-6-5-10-15(13)17-11-12-18-15/h13-14,16H,2-12H2,1H3. The molecule has 1 aliphatic heterocycles. The van der Waals surface area contributed by atoms with E-state index >= 15 is 0 Å². The van der Waals surface area contributed by atoms with Crippen molar-refractivity contribution in [3.63, 3.8) is 0 Å². The minimum Gasteiger partial charge on any atom is -0.393 e. The Hall–Kier alpha value is -0.120. The molecule has 2 unspecified atom stereocenters. The highest BCUT2D eigenvalue weighted by molar-refractivity contribution is 4.89. The van der Waals surface area contributed by atoms with Crippen LogP contribution in [0.1, 0.15) is 64.7 Å². The van der Waals surface area contributed by atoms with E-state index in [1.807, 2.05) is 0 Å². The molecule has 0 amide bonds. The van der Waals surface area contributed by atoms with Gasteiger partial charge in [-0.25, -0.2) is 0 Å². The van der Waals surface area contributed by atoms with E-state index < -0.39 is 0 Å². The van der Waals surface area contributed by atoms with Gasteiger partial charge in [0.25, 0.3) is 0 Å². The first-order chi connectivity index (χ1) is 8.77. The molecule has 0 bridgehead atoms. The fraction of sp³-hybridized carbons (Fsp3) is 1.00. The number of rotatable bonds is 7. The molecule has 1 spiro atoms. The number of unbranched alkanes of at least 4 members (excludes halogenated alkanes) is 2. The van der Waals surface area contributed by atoms with Crippen molar-refractivity contribution in [1.82, 2.24) is 0 Å². The maximum absolute atomic E-state index is 9.99. The van der Waals surface area contributed by atoms with Crippen LogP contribution in [0.25, 0.3) is 0 Å². The molecule has 1 saturated carbocycles. The molecule has 2 fully saturated rings. The predicted octanol–water partition coefficient (Wildman–Crippen LogP) is 3.25. The van der Waals surface area contributed by atoms with Crippen LogP contribution in [-0.4, -0.2) is 30.2 Å². The molecule has 0 aromatic carbocycles. The minimum atomic E-state index is -0.275. The highest BCUT2D eigenvalue weighted by Crippen LogP contribution is 2.44. The molecule has 0 aromatic heterocycles. The molecule has 2 rings (SSSR count). The quantitative estimate of drug-likeness (QED) is 0.711. The fourth-order valence-corrected chi connectivity index (χ4v) is 3.40. The smallest absolute Gasteiger partial charge is 0.171 e. The second-order valence-corrected chi connectivity index (χ2v) is 5.82. The summed E-state index contributed by atoms with van der Waals surface area (Å²) in [4.78, 5) is 0. The van der Waals surface area contributed by atoms with Crippen molar-refractivity contribution in [2.24, 2.45) is 5.92 Å². The van der Waals surface area contributed by atoms with Gasteiger partial charge in [0.1, 0.15) is 0 Å². The maximum Gasteiger partial charge on any atom is 0.171 e. The topological polar surface area (TPSA) is 38.7 Å². The summed E-state index contributed by atoms with van der Waals surface area (Å²) in [6.45, 7) is 3.69. The van der Waals surface area contributed by atoms with Gasteiger partial charge in [-0.1, -0.05) is 26.2 Å². The van der Waals surface area contributed by atoms with Crippen LogP contribution in [0, 0.1) is 5.92 Å². The monoisotopic (exact) mass is 256 g/mol. The molecule has 2 aliphatic rings. The van der Waals surface area contributed by atoms with E-state index in [0.29, 0.717) is 5.92 Å². The van der Waals surface area contributed by atoms with Crippen molar-refractivity contribution in [3.05, 3.63) is 0 Å². The Bertz CT molecular complexity index is 230.